The van der Waals surface area contributed by atoms with Gasteiger partial charge in [0, 0.05) is 29.9 Å². The normalized spacial score (nSPS) is 15.6. The van der Waals surface area contributed by atoms with Gasteiger partial charge in [-0.1, -0.05) is 0 Å². The lowest BCUT2D eigenvalue weighted by Crippen LogP contribution is -2.28. The van der Waals surface area contributed by atoms with Gasteiger partial charge in [0.1, 0.15) is 5.75 Å². The molecule has 0 bridgehead atoms. The molecule has 1 fully saturated rings. The van der Waals surface area contributed by atoms with Crippen molar-refractivity contribution in [2.75, 3.05) is 25.1 Å². The first-order valence-corrected chi connectivity index (χ1v) is 12.0. The second-order valence-electron chi connectivity index (χ2n) is 8.62. The third kappa shape index (κ3) is 4.00. The largest absolute Gasteiger partial charge is 0.496 e. The van der Waals surface area contributed by atoms with Crippen LogP contribution in [-0.4, -0.2) is 30.0 Å². The summed E-state index contributed by atoms with van der Waals surface area (Å²) in [6.07, 6.45) is -0.692. The number of anilines is 1. The van der Waals surface area contributed by atoms with Gasteiger partial charge in [-0.05, 0) is 90.0 Å². The number of nitrogens with zero attached hydrogens (tertiary/aromatic N) is 3. The third-order valence-corrected chi connectivity index (χ3v) is 7.19. The van der Waals surface area contributed by atoms with Gasteiger partial charge in [-0.2, -0.15) is 23.0 Å². The lowest BCUT2D eigenvalue weighted by atomic mass is 10.0. The first-order chi connectivity index (χ1) is 16.3. The molecular formula is C25H23BrF3N3O2. The molecule has 178 valence electrons. The standard InChI is InChI=1S/C25H23BrF3N3O2/c1-34-22-10-7-15(13-20(22)26)23-17-5-4-6-18(17)24(33)32(30-23)21-14-16(31-11-2-3-12-31)8-9-19(21)25(27,28)29/h7-10,13-14H,2-6,11-12H2,1H3. The van der Waals surface area contributed by atoms with Crippen molar-refractivity contribution in [2.24, 2.45) is 0 Å². The molecule has 1 aliphatic carbocycles. The number of methoxy groups -OCH3 is 1. The Morgan fingerprint density at radius 2 is 1.74 bits per heavy atom. The van der Waals surface area contributed by atoms with Crippen LogP contribution in [0.1, 0.15) is 36.0 Å². The number of hydrogen-bond donors (Lipinski definition) is 0. The summed E-state index contributed by atoms with van der Waals surface area (Å²) < 4.78 is 49.1. The molecule has 2 heterocycles. The van der Waals surface area contributed by atoms with Gasteiger partial charge in [0.2, 0.25) is 0 Å². The molecule has 5 nitrogen and oxygen atoms in total. The Morgan fingerprint density at radius 1 is 1.00 bits per heavy atom. The molecule has 2 aliphatic rings. The van der Waals surface area contributed by atoms with Crippen LogP contribution in [0.25, 0.3) is 16.9 Å². The fourth-order valence-electron chi connectivity index (χ4n) is 4.89. The molecular weight excluding hydrogens is 511 g/mol. The summed E-state index contributed by atoms with van der Waals surface area (Å²) in [7, 11) is 1.56. The number of ether oxygens (including phenoxy) is 1. The van der Waals surface area contributed by atoms with E-state index in [0.29, 0.717) is 45.6 Å². The second kappa shape index (κ2) is 8.76. The van der Waals surface area contributed by atoms with E-state index in [1.165, 1.54) is 12.1 Å². The second-order valence-corrected chi connectivity index (χ2v) is 9.47. The average Bonchev–Trinajstić information content (AvgIpc) is 3.51. The molecule has 5 rings (SSSR count). The van der Waals surface area contributed by atoms with Crippen molar-refractivity contribution >= 4 is 21.6 Å². The van der Waals surface area contributed by atoms with E-state index in [-0.39, 0.29) is 5.69 Å². The SMILES string of the molecule is COc1ccc(-c2nn(-c3cc(N4CCCC4)ccc3C(F)(F)F)c(=O)c3c2CCC3)cc1Br. The van der Waals surface area contributed by atoms with Crippen LogP contribution in [0.5, 0.6) is 5.75 Å². The van der Waals surface area contributed by atoms with E-state index in [0.717, 1.165) is 48.7 Å². The van der Waals surface area contributed by atoms with Crippen molar-refractivity contribution in [3.63, 3.8) is 0 Å². The fourth-order valence-corrected chi connectivity index (χ4v) is 5.43. The Hall–Kier alpha value is -2.81. The lowest BCUT2D eigenvalue weighted by molar-refractivity contribution is -0.137. The summed E-state index contributed by atoms with van der Waals surface area (Å²) in [4.78, 5) is 15.5. The van der Waals surface area contributed by atoms with Crippen LogP contribution in [0, 0.1) is 0 Å². The smallest absolute Gasteiger partial charge is 0.418 e. The minimum absolute atomic E-state index is 0.231. The summed E-state index contributed by atoms with van der Waals surface area (Å²) in [5.74, 6) is 0.631. The van der Waals surface area contributed by atoms with Gasteiger partial charge in [0.05, 0.1) is 28.5 Å². The number of halogens is 4. The number of rotatable bonds is 4. The zero-order valence-electron chi connectivity index (χ0n) is 18.6. The van der Waals surface area contributed by atoms with Crippen molar-refractivity contribution in [1.82, 2.24) is 9.78 Å². The minimum atomic E-state index is -4.62. The number of hydrogen-bond acceptors (Lipinski definition) is 4. The van der Waals surface area contributed by atoms with Crippen molar-refractivity contribution in [2.45, 2.75) is 38.3 Å². The number of fused-ring (bicyclic) bond motifs is 1. The molecule has 0 N–H and O–H groups in total. The Balaban J connectivity index is 1.75. The van der Waals surface area contributed by atoms with Gasteiger partial charge >= 0.3 is 6.18 Å². The number of aromatic nitrogens is 2. The quantitative estimate of drug-likeness (QED) is 0.426. The molecule has 0 atom stereocenters. The van der Waals surface area contributed by atoms with E-state index in [1.54, 1.807) is 13.2 Å². The zero-order chi connectivity index (χ0) is 24.0. The van der Waals surface area contributed by atoms with Crippen molar-refractivity contribution in [3.8, 4) is 22.7 Å². The first kappa shape index (κ1) is 23.0. The summed E-state index contributed by atoms with van der Waals surface area (Å²) >= 11 is 3.47. The lowest BCUT2D eigenvalue weighted by Gasteiger charge is -2.22. The molecule has 3 aromatic rings. The summed E-state index contributed by atoms with van der Waals surface area (Å²) in [5, 5.41) is 4.55. The van der Waals surface area contributed by atoms with E-state index < -0.39 is 17.3 Å². The molecule has 1 aliphatic heterocycles. The average molecular weight is 534 g/mol. The molecule has 0 amide bonds. The van der Waals surface area contributed by atoms with E-state index in [9.17, 15) is 18.0 Å². The van der Waals surface area contributed by atoms with Gasteiger partial charge in [-0.25, -0.2) is 0 Å². The summed E-state index contributed by atoms with van der Waals surface area (Å²) in [5.41, 5.74) is 1.67. The number of alkyl halides is 3. The molecule has 9 heteroatoms. The molecule has 1 saturated heterocycles. The molecule has 2 aromatic carbocycles. The van der Waals surface area contributed by atoms with Crippen LogP contribution in [0.4, 0.5) is 18.9 Å². The highest BCUT2D eigenvalue weighted by Gasteiger charge is 2.36. The van der Waals surface area contributed by atoms with Crippen LogP contribution in [0.3, 0.4) is 0 Å². The Kier molecular flexibility index (Phi) is 5.91. The van der Waals surface area contributed by atoms with Crippen LogP contribution >= 0.6 is 15.9 Å². The summed E-state index contributed by atoms with van der Waals surface area (Å²) in [6.45, 7) is 1.56. The van der Waals surface area contributed by atoms with Crippen molar-refractivity contribution in [3.05, 3.63) is 67.9 Å². The van der Waals surface area contributed by atoms with E-state index >= 15 is 0 Å². The molecule has 0 spiro atoms. The molecule has 0 radical (unpaired) electrons. The molecule has 0 saturated carbocycles. The Morgan fingerprint density at radius 3 is 2.41 bits per heavy atom. The van der Waals surface area contributed by atoms with Gasteiger partial charge in [0.15, 0.2) is 0 Å². The van der Waals surface area contributed by atoms with Crippen molar-refractivity contribution < 1.29 is 17.9 Å². The Labute approximate surface area is 203 Å². The van der Waals surface area contributed by atoms with Crippen LogP contribution in [0.15, 0.2) is 45.7 Å². The van der Waals surface area contributed by atoms with Crippen LogP contribution in [0.2, 0.25) is 0 Å². The molecule has 34 heavy (non-hydrogen) atoms. The molecule has 1 aromatic heterocycles. The molecule has 0 unspecified atom stereocenters. The topological polar surface area (TPSA) is 47.4 Å². The van der Waals surface area contributed by atoms with Gasteiger partial charge in [-0.3, -0.25) is 4.79 Å². The predicted octanol–water partition coefficient (Wildman–Crippen LogP) is 5.78. The predicted molar refractivity (Wildman–Crippen MR) is 128 cm³/mol. The zero-order valence-corrected chi connectivity index (χ0v) is 20.2. The maximum Gasteiger partial charge on any atom is 0.418 e. The minimum Gasteiger partial charge on any atom is -0.496 e. The van der Waals surface area contributed by atoms with Gasteiger partial charge < -0.3 is 9.64 Å². The highest BCUT2D eigenvalue weighted by Crippen LogP contribution is 2.38. The van der Waals surface area contributed by atoms with Crippen LogP contribution in [-0.2, 0) is 19.0 Å². The van der Waals surface area contributed by atoms with E-state index in [4.69, 9.17) is 4.74 Å². The fraction of sp³-hybridized carbons (Fsp3) is 0.360. The maximum atomic E-state index is 14.0. The van der Waals surface area contributed by atoms with Crippen molar-refractivity contribution in [1.29, 1.82) is 0 Å². The summed E-state index contributed by atoms with van der Waals surface area (Å²) in [6, 6.07) is 9.40. The van der Waals surface area contributed by atoms with E-state index in [2.05, 4.69) is 21.0 Å². The van der Waals surface area contributed by atoms with Crippen LogP contribution < -0.4 is 15.2 Å². The Bertz CT molecular complexity index is 1310. The highest BCUT2D eigenvalue weighted by atomic mass is 79.9. The first-order valence-electron chi connectivity index (χ1n) is 11.2. The highest BCUT2D eigenvalue weighted by molar-refractivity contribution is 9.10. The van der Waals surface area contributed by atoms with Gasteiger partial charge in [0.25, 0.3) is 5.56 Å². The van der Waals surface area contributed by atoms with Gasteiger partial charge in [-0.15, -0.1) is 0 Å². The maximum absolute atomic E-state index is 14.0. The van der Waals surface area contributed by atoms with E-state index in [1.807, 2.05) is 17.0 Å². The third-order valence-electron chi connectivity index (χ3n) is 6.57. The number of benzene rings is 2. The monoisotopic (exact) mass is 533 g/mol.